The third-order valence-corrected chi connectivity index (χ3v) is 4.89. The first-order valence-corrected chi connectivity index (χ1v) is 9.30. The van der Waals surface area contributed by atoms with E-state index in [-0.39, 0.29) is 5.97 Å². The van der Waals surface area contributed by atoms with Gasteiger partial charge < -0.3 is 9.47 Å². The molecule has 0 saturated carbocycles. The Labute approximate surface area is 164 Å². The zero-order valence-electron chi connectivity index (χ0n) is 13.9. The van der Waals surface area contributed by atoms with Gasteiger partial charge in [-0.15, -0.1) is 0 Å². The van der Waals surface area contributed by atoms with Crippen LogP contribution >= 0.6 is 36.9 Å². The number of rotatable bonds is 8. The molecular formula is C19H21ClO3S2. The SMILES string of the molecule is CCOC(=O)CCCOc1ccc(C(S)(S)c2ccc(Cl)cc2)cc1. The Bertz CT molecular complexity index is 685. The maximum atomic E-state index is 11.3. The van der Waals surface area contributed by atoms with Gasteiger partial charge in [-0.05, 0) is 48.7 Å². The first-order chi connectivity index (χ1) is 11.9. The van der Waals surface area contributed by atoms with Crippen molar-refractivity contribution in [3.63, 3.8) is 0 Å². The lowest BCUT2D eigenvalue weighted by Crippen LogP contribution is -2.12. The molecule has 0 fully saturated rings. The van der Waals surface area contributed by atoms with Crippen molar-refractivity contribution < 1.29 is 14.3 Å². The molecule has 0 aliphatic rings. The first-order valence-electron chi connectivity index (χ1n) is 8.03. The van der Waals surface area contributed by atoms with E-state index in [4.69, 9.17) is 46.3 Å². The number of carbonyl (C=O) groups is 1. The van der Waals surface area contributed by atoms with Crippen LogP contribution in [0.15, 0.2) is 48.5 Å². The summed E-state index contributed by atoms with van der Waals surface area (Å²) in [4.78, 5) is 11.3. The third kappa shape index (κ3) is 5.87. The van der Waals surface area contributed by atoms with E-state index in [2.05, 4.69) is 0 Å². The average molecular weight is 397 g/mol. The lowest BCUT2D eigenvalue weighted by molar-refractivity contribution is -0.143. The van der Waals surface area contributed by atoms with Crippen LogP contribution < -0.4 is 4.74 Å². The largest absolute Gasteiger partial charge is 0.494 e. The van der Waals surface area contributed by atoms with Crippen molar-refractivity contribution in [2.45, 2.75) is 23.8 Å². The Balaban J connectivity index is 1.92. The monoisotopic (exact) mass is 396 g/mol. The fourth-order valence-corrected chi connectivity index (χ4v) is 2.99. The Morgan fingerprint density at radius 3 is 2.16 bits per heavy atom. The van der Waals surface area contributed by atoms with E-state index in [0.717, 1.165) is 16.9 Å². The van der Waals surface area contributed by atoms with Crippen molar-refractivity contribution in [3.05, 3.63) is 64.7 Å². The number of hydrogen-bond acceptors (Lipinski definition) is 5. The van der Waals surface area contributed by atoms with Gasteiger partial charge in [0.15, 0.2) is 0 Å². The van der Waals surface area contributed by atoms with Crippen LogP contribution in [0.2, 0.25) is 5.02 Å². The second-order valence-electron chi connectivity index (χ2n) is 5.46. The Kier molecular flexibility index (Phi) is 7.54. The molecule has 0 N–H and O–H groups in total. The lowest BCUT2D eigenvalue weighted by atomic mass is 10.0. The molecule has 6 heteroatoms. The van der Waals surface area contributed by atoms with Crippen LogP contribution in [0.4, 0.5) is 0 Å². The van der Waals surface area contributed by atoms with Crippen LogP contribution in [0.1, 0.15) is 30.9 Å². The lowest BCUT2D eigenvalue weighted by Gasteiger charge is -2.24. The van der Waals surface area contributed by atoms with Crippen LogP contribution in [0, 0.1) is 0 Å². The molecule has 0 saturated heterocycles. The van der Waals surface area contributed by atoms with E-state index in [1.54, 1.807) is 6.92 Å². The summed E-state index contributed by atoms with van der Waals surface area (Å²) in [5.41, 5.74) is 1.87. The smallest absolute Gasteiger partial charge is 0.305 e. The fourth-order valence-electron chi connectivity index (χ4n) is 2.27. The summed E-state index contributed by atoms with van der Waals surface area (Å²) in [6.45, 7) is 2.66. The molecular weight excluding hydrogens is 376 g/mol. The molecule has 0 aliphatic carbocycles. The molecule has 3 nitrogen and oxygen atoms in total. The van der Waals surface area contributed by atoms with Gasteiger partial charge in [0, 0.05) is 11.4 Å². The fraction of sp³-hybridized carbons (Fsp3) is 0.316. The maximum absolute atomic E-state index is 11.3. The number of carbonyl (C=O) groups excluding carboxylic acids is 1. The molecule has 2 rings (SSSR count). The van der Waals surface area contributed by atoms with E-state index in [1.165, 1.54) is 0 Å². The number of halogens is 1. The summed E-state index contributed by atoms with van der Waals surface area (Å²) in [5, 5.41) is 0.674. The Hall–Kier alpha value is -1.30. The van der Waals surface area contributed by atoms with Gasteiger partial charge in [-0.1, -0.05) is 35.9 Å². The first kappa shape index (κ1) is 20.0. The zero-order chi connectivity index (χ0) is 18.3. The van der Waals surface area contributed by atoms with Crippen LogP contribution in [0.5, 0.6) is 5.75 Å². The molecule has 0 bridgehead atoms. The van der Waals surface area contributed by atoms with Gasteiger partial charge >= 0.3 is 5.97 Å². The molecule has 2 aromatic rings. The molecule has 134 valence electrons. The number of benzene rings is 2. The summed E-state index contributed by atoms with van der Waals surface area (Å²) in [6.07, 6.45) is 0.979. The van der Waals surface area contributed by atoms with Crippen LogP contribution in [-0.2, 0) is 13.6 Å². The van der Waals surface area contributed by atoms with Crippen molar-refractivity contribution in [3.8, 4) is 5.75 Å². The average Bonchev–Trinajstić information content (AvgIpc) is 2.60. The number of esters is 1. The normalized spacial score (nSPS) is 11.2. The number of ether oxygens (including phenoxy) is 2. The molecule has 0 spiro atoms. The molecule has 0 atom stereocenters. The van der Waals surface area contributed by atoms with Gasteiger partial charge in [-0.25, -0.2) is 0 Å². The summed E-state index contributed by atoms with van der Waals surface area (Å²) in [7, 11) is 0. The minimum Gasteiger partial charge on any atom is -0.494 e. The predicted molar refractivity (Wildman–Crippen MR) is 108 cm³/mol. The van der Waals surface area contributed by atoms with Crippen molar-refractivity contribution in [2.75, 3.05) is 13.2 Å². The van der Waals surface area contributed by atoms with Gasteiger partial charge in [0.2, 0.25) is 0 Å². The van der Waals surface area contributed by atoms with E-state index >= 15 is 0 Å². The molecule has 0 unspecified atom stereocenters. The molecule has 0 aliphatic heterocycles. The van der Waals surface area contributed by atoms with Crippen molar-refractivity contribution in [1.82, 2.24) is 0 Å². The van der Waals surface area contributed by atoms with Gasteiger partial charge in [-0.2, -0.15) is 25.3 Å². The highest BCUT2D eigenvalue weighted by Crippen LogP contribution is 2.40. The van der Waals surface area contributed by atoms with Gasteiger partial charge in [0.1, 0.15) is 9.83 Å². The minimum atomic E-state index is -0.729. The second-order valence-corrected chi connectivity index (χ2v) is 7.59. The highest BCUT2D eigenvalue weighted by atomic mass is 35.5. The van der Waals surface area contributed by atoms with E-state index in [1.807, 2.05) is 48.5 Å². The molecule has 0 aromatic heterocycles. The molecule has 0 amide bonds. The van der Waals surface area contributed by atoms with Gasteiger partial charge in [-0.3, -0.25) is 4.79 Å². The van der Waals surface area contributed by atoms with Gasteiger partial charge in [0.25, 0.3) is 0 Å². The summed E-state index contributed by atoms with van der Waals surface area (Å²) >= 11 is 15.3. The second kappa shape index (κ2) is 9.41. The summed E-state index contributed by atoms with van der Waals surface area (Å²) < 4.78 is 9.80. The topological polar surface area (TPSA) is 35.5 Å². The zero-order valence-corrected chi connectivity index (χ0v) is 16.5. The third-order valence-electron chi connectivity index (χ3n) is 3.60. The molecule has 0 heterocycles. The Morgan fingerprint density at radius 1 is 1.04 bits per heavy atom. The Morgan fingerprint density at radius 2 is 1.60 bits per heavy atom. The van der Waals surface area contributed by atoms with E-state index in [0.29, 0.717) is 31.1 Å². The standard InChI is InChI=1S/C19H21ClO3S2/c1-2-22-18(21)4-3-13-23-17-11-7-15(8-12-17)19(24,25)14-5-9-16(20)10-6-14/h5-12,24-25H,2-4,13H2,1H3. The van der Waals surface area contributed by atoms with Crippen molar-refractivity contribution in [1.29, 1.82) is 0 Å². The van der Waals surface area contributed by atoms with Gasteiger partial charge in [0.05, 0.1) is 13.2 Å². The quantitative estimate of drug-likeness (QED) is 0.281. The minimum absolute atomic E-state index is 0.195. The molecule has 2 aromatic carbocycles. The van der Waals surface area contributed by atoms with Crippen LogP contribution in [0.3, 0.4) is 0 Å². The highest BCUT2D eigenvalue weighted by Gasteiger charge is 2.25. The predicted octanol–water partition coefficient (Wildman–Crippen LogP) is 5.12. The van der Waals surface area contributed by atoms with E-state index < -0.39 is 4.08 Å². The summed E-state index contributed by atoms with van der Waals surface area (Å²) in [6, 6.07) is 15.0. The van der Waals surface area contributed by atoms with Crippen LogP contribution in [0.25, 0.3) is 0 Å². The van der Waals surface area contributed by atoms with Crippen LogP contribution in [-0.4, -0.2) is 19.2 Å². The number of hydrogen-bond donors (Lipinski definition) is 2. The highest BCUT2D eigenvalue weighted by molar-refractivity contribution is 8.00. The van der Waals surface area contributed by atoms with E-state index in [9.17, 15) is 4.79 Å². The maximum Gasteiger partial charge on any atom is 0.305 e. The van der Waals surface area contributed by atoms with Crippen molar-refractivity contribution in [2.24, 2.45) is 0 Å². The van der Waals surface area contributed by atoms with Crippen molar-refractivity contribution >= 4 is 42.8 Å². The number of thiol groups is 2. The molecule has 0 radical (unpaired) electrons. The summed E-state index contributed by atoms with van der Waals surface area (Å²) in [5.74, 6) is 0.542. The molecule has 25 heavy (non-hydrogen) atoms.